The molecule has 21 heavy (non-hydrogen) atoms. The Morgan fingerprint density at radius 2 is 1.90 bits per heavy atom. The first kappa shape index (κ1) is 15.3. The molecule has 1 heterocycles. The average Bonchev–Trinajstić information content (AvgIpc) is 3.00. The molecule has 0 fully saturated rings. The molecule has 4 heteroatoms. The summed E-state index contributed by atoms with van der Waals surface area (Å²) < 4.78 is 5.31. The van der Waals surface area contributed by atoms with Gasteiger partial charge >= 0.3 is 0 Å². The summed E-state index contributed by atoms with van der Waals surface area (Å²) in [7, 11) is 1.92. The zero-order chi connectivity index (χ0) is 15.2. The van der Waals surface area contributed by atoms with Crippen LogP contribution in [-0.4, -0.2) is 23.9 Å². The SMILES string of the molecule is C[C@H](NC(=O)[C@H](C)N(C)Cc1ccco1)c1ccccc1. The number of hydrogen-bond donors (Lipinski definition) is 1. The summed E-state index contributed by atoms with van der Waals surface area (Å²) >= 11 is 0. The number of carbonyl (C=O) groups is 1. The van der Waals surface area contributed by atoms with Crippen LogP contribution in [0.2, 0.25) is 0 Å². The second-order valence-corrected chi connectivity index (χ2v) is 5.31. The van der Waals surface area contributed by atoms with Gasteiger partial charge in [-0.1, -0.05) is 30.3 Å². The molecular weight excluding hydrogens is 264 g/mol. The summed E-state index contributed by atoms with van der Waals surface area (Å²) in [4.78, 5) is 14.3. The Balaban J connectivity index is 1.90. The Morgan fingerprint density at radius 3 is 2.52 bits per heavy atom. The molecule has 1 aromatic carbocycles. The third-order valence-corrected chi connectivity index (χ3v) is 3.68. The van der Waals surface area contributed by atoms with E-state index in [9.17, 15) is 4.79 Å². The van der Waals surface area contributed by atoms with Crippen LogP contribution in [0.1, 0.15) is 31.2 Å². The largest absolute Gasteiger partial charge is 0.468 e. The molecule has 0 saturated carbocycles. The van der Waals surface area contributed by atoms with Crippen LogP contribution < -0.4 is 5.32 Å². The van der Waals surface area contributed by atoms with E-state index in [1.807, 2.05) is 68.3 Å². The zero-order valence-electron chi connectivity index (χ0n) is 12.7. The lowest BCUT2D eigenvalue weighted by atomic mass is 10.1. The molecule has 0 spiro atoms. The van der Waals surface area contributed by atoms with Gasteiger partial charge in [-0.15, -0.1) is 0 Å². The van der Waals surface area contributed by atoms with Gasteiger partial charge in [-0.2, -0.15) is 0 Å². The van der Waals surface area contributed by atoms with Crippen LogP contribution in [0, 0.1) is 0 Å². The first-order chi connectivity index (χ1) is 10.1. The Hall–Kier alpha value is -2.07. The number of amides is 1. The number of nitrogens with zero attached hydrogens (tertiary/aromatic N) is 1. The standard InChI is InChI=1S/C17H22N2O2/c1-13(15-8-5-4-6-9-15)18-17(20)14(2)19(3)12-16-10-7-11-21-16/h4-11,13-14H,12H2,1-3H3,(H,18,20)/t13-,14-/m0/s1. The van der Waals surface area contributed by atoms with Crippen molar-refractivity contribution < 1.29 is 9.21 Å². The Morgan fingerprint density at radius 1 is 1.19 bits per heavy atom. The predicted molar refractivity (Wildman–Crippen MR) is 82.6 cm³/mol. The fraction of sp³-hybridized carbons (Fsp3) is 0.353. The van der Waals surface area contributed by atoms with Gasteiger partial charge in [0.2, 0.25) is 5.91 Å². The molecular formula is C17H22N2O2. The minimum atomic E-state index is -0.221. The highest BCUT2D eigenvalue weighted by Crippen LogP contribution is 2.12. The third kappa shape index (κ3) is 4.20. The van der Waals surface area contributed by atoms with Crippen LogP contribution in [0.5, 0.6) is 0 Å². The van der Waals surface area contributed by atoms with Crippen LogP contribution in [0.15, 0.2) is 53.1 Å². The van der Waals surface area contributed by atoms with E-state index in [-0.39, 0.29) is 18.0 Å². The first-order valence-electron chi connectivity index (χ1n) is 7.16. The van der Waals surface area contributed by atoms with E-state index in [1.54, 1.807) is 6.26 Å². The normalized spacial score (nSPS) is 13.9. The van der Waals surface area contributed by atoms with Crippen molar-refractivity contribution in [3.63, 3.8) is 0 Å². The lowest BCUT2D eigenvalue weighted by molar-refractivity contribution is -0.126. The summed E-state index contributed by atoms with van der Waals surface area (Å²) in [6.45, 7) is 4.50. The summed E-state index contributed by atoms with van der Waals surface area (Å²) in [5.74, 6) is 0.869. The van der Waals surface area contributed by atoms with E-state index in [0.717, 1.165) is 11.3 Å². The Labute approximate surface area is 125 Å². The van der Waals surface area contributed by atoms with Crippen LogP contribution in [0.3, 0.4) is 0 Å². The van der Waals surface area contributed by atoms with E-state index >= 15 is 0 Å². The molecule has 0 saturated heterocycles. The molecule has 2 rings (SSSR count). The second-order valence-electron chi connectivity index (χ2n) is 5.31. The maximum Gasteiger partial charge on any atom is 0.237 e. The Kier molecular flexibility index (Phi) is 5.17. The highest BCUT2D eigenvalue weighted by Gasteiger charge is 2.20. The van der Waals surface area contributed by atoms with Crippen molar-refractivity contribution in [1.82, 2.24) is 10.2 Å². The molecule has 0 aliphatic carbocycles. The van der Waals surface area contributed by atoms with Gasteiger partial charge in [0.05, 0.1) is 24.9 Å². The molecule has 1 amide bonds. The van der Waals surface area contributed by atoms with Crippen molar-refractivity contribution in [1.29, 1.82) is 0 Å². The van der Waals surface area contributed by atoms with Crippen molar-refractivity contribution >= 4 is 5.91 Å². The lowest BCUT2D eigenvalue weighted by Gasteiger charge is -2.25. The molecule has 1 N–H and O–H groups in total. The third-order valence-electron chi connectivity index (χ3n) is 3.68. The van der Waals surface area contributed by atoms with Crippen molar-refractivity contribution in [3.05, 3.63) is 60.1 Å². The number of benzene rings is 1. The monoisotopic (exact) mass is 286 g/mol. The lowest BCUT2D eigenvalue weighted by Crippen LogP contribution is -2.43. The second kappa shape index (κ2) is 7.09. The van der Waals surface area contributed by atoms with E-state index in [1.165, 1.54) is 0 Å². The van der Waals surface area contributed by atoms with Gasteiger partial charge in [-0.3, -0.25) is 9.69 Å². The minimum absolute atomic E-state index is 0.00170. The number of hydrogen-bond acceptors (Lipinski definition) is 3. The van der Waals surface area contributed by atoms with Crippen LogP contribution in [0.25, 0.3) is 0 Å². The fourth-order valence-electron chi connectivity index (χ4n) is 2.14. The Bertz CT molecular complexity index is 551. The van der Waals surface area contributed by atoms with Gasteiger partial charge in [0.25, 0.3) is 0 Å². The molecule has 0 bridgehead atoms. The summed E-state index contributed by atoms with van der Waals surface area (Å²) in [6, 6.07) is 13.5. The van der Waals surface area contributed by atoms with E-state index in [4.69, 9.17) is 4.42 Å². The van der Waals surface area contributed by atoms with Crippen LogP contribution >= 0.6 is 0 Å². The average molecular weight is 286 g/mol. The van der Waals surface area contributed by atoms with Gasteiger partial charge in [0, 0.05) is 0 Å². The van der Waals surface area contributed by atoms with Crippen molar-refractivity contribution in [3.8, 4) is 0 Å². The highest BCUT2D eigenvalue weighted by molar-refractivity contribution is 5.81. The molecule has 0 radical (unpaired) electrons. The maximum absolute atomic E-state index is 12.3. The molecule has 4 nitrogen and oxygen atoms in total. The van der Waals surface area contributed by atoms with E-state index < -0.39 is 0 Å². The predicted octanol–water partition coefficient (Wildman–Crippen LogP) is 2.98. The maximum atomic E-state index is 12.3. The van der Waals surface area contributed by atoms with Crippen LogP contribution in [-0.2, 0) is 11.3 Å². The van der Waals surface area contributed by atoms with Gasteiger partial charge < -0.3 is 9.73 Å². The molecule has 0 aliphatic rings. The highest BCUT2D eigenvalue weighted by atomic mass is 16.3. The molecule has 112 valence electrons. The molecule has 1 aromatic heterocycles. The number of carbonyl (C=O) groups excluding carboxylic acids is 1. The van der Waals surface area contributed by atoms with Gasteiger partial charge in [0.15, 0.2) is 0 Å². The quantitative estimate of drug-likeness (QED) is 0.888. The summed E-state index contributed by atoms with van der Waals surface area (Å²) in [6.07, 6.45) is 1.64. The summed E-state index contributed by atoms with van der Waals surface area (Å²) in [5.41, 5.74) is 1.10. The fourth-order valence-corrected chi connectivity index (χ4v) is 2.14. The number of furan rings is 1. The summed E-state index contributed by atoms with van der Waals surface area (Å²) in [5, 5.41) is 3.05. The van der Waals surface area contributed by atoms with Crippen molar-refractivity contribution in [2.75, 3.05) is 7.05 Å². The van der Waals surface area contributed by atoms with Gasteiger partial charge in [-0.05, 0) is 38.6 Å². The van der Waals surface area contributed by atoms with Crippen molar-refractivity contribution in [2.45, 2.75) is 32.5 Å². The molecule has 2 aromatic rings. The van der Waals surface area contributed by atoms with E-state index in [2.05, 4.69) is 5.32 Å². The number of likely N-dealkylation sites (N-methyl/N-ethyl adjacent to an activating group) is 1. The minimum Gasteiger partial charge on any atom is -0.468 e. The smallest absolute Gasteiger partial charge is 0.237 e. The molecule has 0 aliphatic heterocycles. The number of nitrogens with one attached hydrogen (secondary N) is 1. The topological polar surface area (TPSA) is 45.5 Å². The molecule has 0 unspecified atom stereocenters. The number of rotatable bonds is 6. The van der Waals surface area contributed by atoms with Gasteiger partial charge in [0.1, 0.15) is 5.76 Å². The first-order valence-corrected chi connectivity index (χ1v) is 7.16. The van der Waals surface area contributed by atoms with Crippen molar-refractivity contribution in [2.24, 2.45) is 0 Å². The van der Waals surface area contributed by atoms with Crippen LogP contribution in [0.4, 0.5) is 0 Å². The zero-order valence-corrected chi connectivity index (χ0v) is 12.7. The molecule has 2 atom stereocenters. The van der Waals surface area contributed by atoms with Gasteiger partial charge in [-0.25, -0.2) is 0 Å². The van der Waals surface area contributed by atoms with E-state index in [0.29, 0.717) is 6.54 Å².